The minimum Gasteiger partial charge on any atom is -0.507 e. The van der Waals surface area contributed by atoms with E-state index in [2.05, 4.69) is 15.9 Å². The molecule has 1 heterocycles. The number of carbonyl (C=O) groups is 5. The maximum atomic E-state index is 13.9. The fraction of sp³-hybridized carbons (Fsp3) is 0.233. The van der Waals surface area contributed by atoms with Crippen LogP contribution in [0.2, 0.25) is 0 Å². The molecule has 1 aliphatic heterocycles. The molecule has 0 unspecified atom stereocenters. The molecule has 10 nitrogen and oxygen atoms in total. The SMILES string of the molecule is COc1cccc([C@H]2C3=CC[C@@H]4C(=O)N(c5ccc(C(=O)O)c(O)c5)C(=O)[C@@H]4[C@@H]3CC3=C2C(=O)C=C(Br)C3=O)c1O. The van der Waals surface area contributed by atoms with Crippen molar-refractivity contribution in [2.75, 3.05) is 12.0 Å². The van der Waals surface area contributed by atoms with Gasteiger partial charge < -0.3 is 20.1 Å². The number of carbonyl (C=O) groups excluding carboxylic acids is 4. The smallest absolute Gasteiger partial charge is 0.339 e. The first-order valence-electron chi connectivity index (χ1n) is 12.7. The summed E-state index contributed by atoms with van der Waals surface area (Å²) in [5, 5.41) is 30.6. The van der Waals surface area contributed by atoms with Gasteiger partial charge in [0, 0.05) is 34.8 Å². The molecule has 1 saturated heterocycles. The molecular weight excluding hydrogens is 598 g/mol. The van der Waals surface area contributed by atoms with E-state index < -0.39 is 58.8 Å². The van der Waals surface area contributed by atoms with Crippen LogP contribution in [0.3, 0.4) is 0 Å². The number of aromatic carboxylic acids is 1. The summed E-state index contributed by atoms with van der Waals surface area (Å²) in [5.74, 6) is -7.01. The molecule has 0 aromatic heterocycles. The Kier molecular flexibility index (Phi) is 6.22. The Bertz CT molecular complexity index is 1700. The number of carboxylic acids is 1. The number of rotatable bonds is 4. The van der Waals surface area contributed by atoms with E-state index in [0.717, 1.165) is 17.0 Å². The van der Waals surface area contributed by atoms with Crippen molar-refractivity contribution in [3.05, 3.63) is 80.9 Å². The number of nitrogens with zero attached hydrogens (tertiary/aromatic N) is 1. The van der Waals surface area contributed by atoms with Crippen LogP contribution in [0.15, 0.2) is 69.8 Å². The number of para-hydroxylation sites is 1. The standard InChI is InChI=1S/C30H22BrNO9/c1-41-22-4-2-3-15(27(22)36)23-13-7-8-16-24(17(13)10-18-25(23)21(34)11-19(31)26(18)35)29(38)32(28(16)37)12-5-6-14(30(39)40)20(33)9-12/h2-7,9,11,16-17,23-24,33,36H,8,10H2,1H3,(H,39,40)/t16-,17+,23+,24-/m0/s1. The first kappa shape index (κ1) is 26.7. The predicted octanol–water partition coefficient (Wildman–Crippen LogP) is 3.77. The van der Waals surface area contributed by atoms with E-state index in [1.165, 1.54) is 19.3 Å². The molecule has 11 heteroatoms. The zero-order chi connectivity index (χ0) is 29.3. The van der Waals surface area contributed by atoms with Crippen molar-refractivity contribution >= 4 is 51.0 Å². The number of fused-ring (bicyclic) bond motifs is 3. The van der Waals surface area contributed by atoms with Gasteiger partial charge in [0.2, 0.25) is 11.8 Å². The van der Waals surface area contributed by atoms with Gasteiger partial charge in [0.15, 0.2) is 23.1 Å². The Labute approximate surface area is 241 Å². The van der Waals surface area contributed by atoms with Gasteiger partial charge in [0.25, 0.3) is 0 Å². The third-order valence-corrected chi connectivity index (χ3v) is 8.95. The summed E-state index contributed by atoms with van der Waals surface area (Å²) in [6.45, 7) is 0. The number of aromatic hydroxyl groups is 2. The van der Waals surface area contributed by atoms with E-state index >= 15 is 0 Å². The number of Topliss-reactive ketones (excluding diaryl/α,β-unsaturated/α-hetero) is 1. The van der Waals surface area contributed by atoms with Crippen molar-refractivity contribution in [1.82, 2.24) is 0 Å². The van der Waals surface area contributed by atoms with Crippen LogP contribution in [0.5, 0.6) is 17.2 Å². The highest BCUT2D eigenvalue weighted by molar-refractivity contribution is 9.12. The monoisotopic (exact) mass is 619 g/mol. The van der Waals surface area contributed by atoms with Crippen molar-refractivity contribution < 1.29 is 44.0 Å². The summed E-state index contributed by atoms with van der Waals surface area (Å²) in [4.78, 5) is 66.5. The number of methoxy groups -OCH3 is 1. The van der Waals surface area contributed by atoms with Gasteiger partial charge in [-0.2, -0.15) is 0 Å². The van der Waals surface area contributed by atoms with Crippen LogP contribution in [-0.4, -0.2) is 51.8 Å². The third kappa shape index (κ3) is 3.86. The number of carboxylic acid groups (broad SMARTS) is 1. The van der Waals surface area contributed by atoms with Gasteiger partial charge in [-0.1, -0.05) is 23.8 Å². The van der Waals surface area contributed by atoms with Gasteiger partial charge in [-0.15, -0.1) is 0 Å². The van der Waals surface area contributed by atoms with E-state index in [-0.39, 0.29) is 51.2 Å². The highest BCUT2D eigenvalue weighted by Gasteiger charge is 2.57. The van der Waals surface area contributed by atoms with E-state index in [1.54, 1.807) is 18.2 Å². The molecule has 1 fully saturated rings. The second-order valence-corrected chi connectivity index (χ2v) is 11.2. The summed E-state index contributed by atoms with van der Waals surface area (Å²) in [7, 11) is 1.39. The molecule has 41 heavy (non-hydrogen) atoms. The minimum absolute atomic E-state index is 0.0331. The molecule has 6 rings (SSSR count). The number of phenols is 2. The Balaban J connectivity index is 1.48. The Morgan fingerprint density at radius 1 is 1.05 bits per heavy atom. The fourth-order valence-corrected chi connectivity index (χ4v) is 7.04. The first-order valence-corrected chi connectivity index (χ1v) is 13.5. The summed E-state index contributed by atoms with van der Waals surface area (Å²) < 4.78 is 5.37. The number of halogens is 1. The zero-order valence-corrected chi connectivity index (χ0v) is 23.0. The number of phenolic OH excluding ortho intramolecular Hbond substituents is 1. The molecule has 2 aromatic carbocycles. The summed E-state index contributed by atoms with van der Waals surface area (Å²) >= 11 is 3.18. The lowest BCUT2D eigenvalue weighted by Crippen LogP contribution is -2.39. The van der Waals surface area contributed by atoms with Crippen molar-refractivity contribution in [3.63, 3.8) is 0 Å². The Morgan fingerprint density at radius 3 is 2.49 bits per heavy atom. The molecule has 0 bridgehead atoms. The Hall–Kier alpha value is -4.51. The van der Waals surface area contributed by atoms with Crippen molar-refractivity contribution in [2.45, 2.75) is 18.8 Å². The minimum atomic E-state index is -1.36. The van der Waals surface area contributed by atoms with Gasteiger partial charge in [-0.3, -0.25) is 19.2 Å². The molecule has 208 valence electrons. The number of imide groups is 1. The van der Waals surface area contributed by atoms with Crippen LogP contribution in [-0.2, 0) is 19.2 Å². The molecule has 3 aliphatic carbocycles. The lowest BCUT2D eigenvalue weighted by Gasteiger charge is -2.42. The van der Waals surface area contributed by atoms with Crippen LogP contribution >= 0.6 is 15.9 Å². The predicted molar refractivity (Wildman–Crippen MR) is 147 cm³/mol. The van der Waals surface area contributed by atoms with E-state index in [9.17, 15) is 39.3 Å². The van der Waals surface area contributed by atoms with Crippen LogP contribution in [0.4, 0.5) is 5.69 Å². The van der Waals surface area contributed by atoms with Crippen LogP contribution < -0.4 is 9.64 Å². The number of ether oxygens (including phenoxy) is 1. The lowest BCUT2D eigenvalue weighted by atomic mass is 9.59. The second kappa shape index (κ2) is 9.55. The molecule has 0 spiro atoms. The molecule has 2 amide bonds. The van der Waals surface area contributed by atoms with Crippen LogP contribution in [0.1, 0.15) is 34.7 Å². The highest BCUT2D eigenvalue weighted by Crippen LogP contribution is 2.57. The second-order valence-electron chi connectivity index (χ2n) is 10.3. The van der Waals surface area contributed by atoms with Gasteiger partial charge >= 0.3 is 5.97 Å². The third-order valence-electron chi connectivity index (χ3n) is 8.36. The normalized spacial score (nSPS) is 25.4. The number of anilines is 1. The topological polar surface area (TPSA) is 159 Å². The molecule has 4 aliphatic rings. The number of benzene rings is 2. The molecule has 0 radical (unpaired) electrons. The largest absolute Gasteiger partial charge is 0.507 e. The van der Waals surface area contributed by atoms with Crippen LogP contribution in [0.25, 0.3) is 0 Å². The number of hydrogen-bond acceptors (Lipinski definition) is 8. The summed E-state index contributed by atoms with van der Waals surface area (Å²) in [6, 6.07) is 8.32. The maximum absolute atomic E-state index is 13.9. The number of ketones is 2. The van der Waals surface area contributed by atoms with Crippen molar-refractivity contribution in [3.8, 4) is 17.2 Å². The average Bonchev–Trinajstić information content (AvgIpc) is 3.20. The van der Waals surface area contributed by atoms with Gasteiger partial charge in [-0.05, 0) is 52.9 Å². The lowest BCUT2D eigenvalue weighted by molar-refractivity contribution is -0.123. The summed E-state index contributed by atoms with van der Waals surface area (Å²) in [6.07, 6.45) is 3.22. The average molecular weight is 620 g/mol. The van der Waals surface area contributed by atoms with Crippen molar-refractivity contribution in [2.24, 2.45) is 17.8 Å². The number of amides is 2. The molecule has 2 aromatic rings. The zero-order valence-electron chi connectivity index (χ0n) is 21.5. The van der Waals surface area contributed by atoms with Gasteiger partial charge in [0.1, 0.15) is 11.3 Å². The number of allylic oxidation sites excluding steroid dienone is 6. The maximum Gasteiger partial charge on any atom is 0.339 e. The van der Waals surface area contributed by atoms with E-state index in [4.69, 9.17) is 4.74 Å². The summed E-state index contributed by atoms with van der Waals surface area (Å²) in [5.41, 5.74) is 1.06. The van der Waals surface area contributed by atoms with Crippen LogP contribution in [0, 0.1) is 17.8 Å². The van der Waals surface area contributed by atoms with E-state index in [0.29, 0.717) is 11.1 Å². The quantitative estimate of drug-likeness (QED) is 0.263. The fourth-order valence-electron chi connectivity index (χ4n) is 6.59. The number of hydrogen-bond donors (Lipinski definition) is 3. The van der Waals surface area contributed by atoms with E-state index in [1.807, 2.05) is 6.08 Å². The molecule has 4 atom stereocenters. The van der Waals surface area contributed by atoms with Crippen molar-refractivity contribution in [1.29, 1.82) is 0 Å². The van der Waals surface area contributed by atoms with Gasteiger partial charge in [0.05, 0.1) is 29.1 Å². The van der Waals surface area contributed by atoms with Gasteiger partial charge in [-0.25, -0.2) is 9.69 Å². The Morgan fingerprint density at radius 2 is 1.80 bits per heavy atom. The molecular formula is C30H22BrNO9. The highest BCUT2D eigenvalue weighted by atomic mass is 79.9. The first-order chi connectivity index (χ1) is 19.5. The molecule has 0 saturated carbocycles. The molecule has 3 N–H and O–H groups in total.